The lowest BCUT2D eigenvalue weighted by Gasteiger charge is -2.17. The van der Waals surface area contributed by atoms with Crippen molar-refractivity contribution in [3.8, 4) is 0 Å². The number of esters is 1. The van der Waals surface area contributed by atoms with Gasteiger partial charge in [-0.2, -0.15) is 0 Å². The van der Waals surface area contributed by atoms with Crippen LogP contribution in [0.25, 0.3) is 0 Å². The molecule has 1 unspecified atom stereocenters. The zero-order valence-electron chi connectivity index (χ0n) is 16.8. The summed E-state index contributed by atoms with van der Waals surface area (Å²) >= 11 is 0. The van der Waals surface area contributed by atoms with Crippen LogP contribution < -0.4 is 0 Å². The highest BCUT2D eigenvalue weighted by Gasteiger charge is 2.13. The molecule has 0 saturated heterocycles. The third kappa shape index (κ3) is 17.5. The van der Waals surface area contributed by atoms with Crippen molar-refractivity contribution in [2.24, 2.45) is 0 Å². The van der Waals surface area contributed by atoms with Crippen LogP contribution in [0.15, 0.2) is 12.7 Å². The van der Waals surface area contributed by atoms with E-state index < -0.39 is 5.97 Å². The number of hydrogen-bond acceptors (Lipinski definition) is 3. The summed E-state index contributed by atoms with van der Waals surface area (Å²) in [7, 11) is 0. The molecule has 0 rings (SSSR count). The van der Waals surface area contributed by atoms with Gasteiger partial charge in [-0.3, -0.25) is 9.59 Å². The summed E-state index contributed by atoms with van der Waals surface area (Å²) in [4.78, 5) is 22.5. The quantitative estimate of drug-likeness (QED) is 0.162. The molecule has 0 aromatic rings. The number of hydrogen-bond donors (Lipinski definition) is 1. The van der Waals surface area contributed by atoms with Gasteiger partial charge in [-0.05, 0) is 38.5 Å². The summed E-state index contributed by atoms with van der Waals surface area (Å²) in [6.07, 6.45) is 17.3. The number of unbranched alkanes of at least 4 members (excludes halogenated alkanes) is 9. The summed E-state index contributed by atoms with van der Waals surface area (Å²) < 4.78 is 5.68. The van der Waals surface area contributed by atoms with Gasteiger partial charge in [-0.15, -0.1) is 6.58 Å². The Balaban J connectivity index is 3.81. The van der Waals surface area contributed by atoms with E-state index in [1.807, 2.05) is 6.08 Å². The number of aliphatic carboxylic acids is 1. The Hall–Kier alpha value is -1.32. The third-order valence-electron chi connectivity index (χ3n) is 4.64. The van der Waals surface area contributed by atoms with Crippen molar-refractivity contribution < 1.29 is 19.4 Å². The van der Waals surface area contributed by atoms with Gasteiger partial charge in [0, 0.05) is 12.8 Å². The minimum absolute atomic E-state index is 0.0299. The largest absolute Gasteiger partial charge is 0.481 e. The van der Waals surface area contributed by atoms with E-state index in [-0.39, 0.29) is 18.5 Å². The normalized spacial score (nSPS) is 11.9. The zero-order chi connectivity index (χ0) is 19.5. The molecular formula is C22H40O4. The molecule has 0 heterocycles. The molecule has 0 radical (unpaired) electrons. The Bertz CT molecular complexity index is 365. The van der Waals surface area contributed by atoms with Crippen LogP contribution in [0, 0.1) is 0 Å². The molecule has 0 bridgehead atoms. The maximum Gasteiger partial charge on any atom is 0.306 e. The maximum atomic E-state index is 12.0. The van der Waals surface area contributed by atoms with Crippen LogP contribution >= 0.6 is 0 Å². The van der Waals surface area contributed by atoms with Crippen LogP contribution in [-0.4, -0.2) is 23.1 Å². The first-order valence-corrected chi connectivity index (χ1v) is 10.6. The molecule has 0 aromatic heterocycles. The van der Waals surface area contributed by atoms with Crippen LogP contribution in [0.4, 0.5) is 0 Å². The predicted molar refractivity (Wildman–Crippen MR) is 107 cm³/mol. The van der Waals surface area contributed by atoms with Crippen molar-refractivity contribution in [3.63, 3.8) is 0 Å². The van der Waals surface area contributed by atoms with Crippen molar-refractivity contribution in [1.29, 1.82) is 0 Å². The monoisotopic (exact) mass is 368 g/mol. The Morgan fingerprint density at radius 3 is 2.08 bits per heavy atom. The van der Waals surface area contributed by atoms with Gasteiger partial charge in [-0.25, -0.2) is 0 Å². The number of carbonyl (C=O) groups excluding carboxylic acids is 1. The highest BCUT2D eigenvalue weighted by molar-refractivity contribution is 5.69. The van der Waals surface area contributed by atoms with Gasteiger partial charge in [0.25, 0.3) is 0 Å². The lowest BCUT2D eigenvalue weighted by Crippen LogP contribution is -2.18. The maximum absolute atomic E-state index is 12.0. The Labute approximate surface area is 160 Å². The Kier molecular flexibility index (Phi) is 17.5. The molecule has 152 valence electrons. The minimum Gasteiger partial charge on any atom is -0.481 e. The molecule has 1 N–H and O–H groups in total. The summed E-state index contributed by atoms with van der Waals surface area (Å²) in [6.45, 7) is 5.98. The van der Waals surface area contributed by atoms with Gasteiger partial charge in [0.05, 0.1) is 0 Å². The summed E-state index contributed by atoms with van der Waals surface area (Å²) in [6, 6.07) is 0. The molecule has 0 aliphatic rings. The molecule has 4 nitrogen and oxygen atoms in total. The topological polar surface area (TPSA) is 63.6 Å². The zero-order valence-corrected chi connectivity index (χ0v) is 16.8. The fourth-order valence-corrected chi connectivity index (χ4v) is 3.04. The molecule has 1 atom stereocenters. The molecule has 0 amide bonds. The number of ether oxygens (including phenoxy) is 1. The fourth-order valence-electron chi connectivity index (χ4n) is 3.04. The van der Waals surface area contributed by atoms with Gasteiger partial charge in [0.1, 0.15) is 6.10 Å². The first-order valence-electron chi connectivity index (χ1n) is 10.6. The third-order valence-corrected chi connectivity index (χ3v) is 4.64. The molecule has 0 saturated carbocycles. The SMILES string of the molecule is C=CCCC(CCCCCCCC)OC(=O)CCCCCCCC(=O)O. The Morgan fingerprint density at radius 1 is 0.885 bits per heavy atom. The molecule has 0 aromatic carbocycles. The van der Waals surface area contributed by atoms with Gasteiger partial charge in [0.2, 0.25) is 0 Å². The van der Waals surface area contributed by atoms with Crippen LogP contribution in [0.5, 0.6) is 0 Å². The van der Waals surface area contributed by atoms with Crippen molar-refractivity contribution in [2.45, 2.75) is 116 Å². The van der Waals surface area contributed by atoms with E-state index in [0.717, 1.165) is 57.8 Å². The second-order valence-electron chi connectivity index (χ2n) is 7.20. The Morgan fingerprint density at radius 2 is 1.46 bits per heavy atom. The fraction of sp³-hybridized carbons (Fsp3) is 0.818. The molecule has 0 fully saturated rings. The first-order chi connectivity index (χ1) is 12.6. The summed E-state index contributed by atoms with van der Waals surface area (Å²) in [5.41, 5.74) is 0. The van der Waals surface area contributed by atoms with E-state index in [9.17, 15) is 9.59 Å². The van der Waals surface area contributed by atoms with E-state index in [4.69, 9.17) is 9.84 Å². The molecule has 0 aliphatic heterocycles. The highest BCUT2D eigenvalue weighted by Crippen LogP contribution is 2.16. The van der Waals surface area contributed by atoms with E-state index in [0.29, 0.717) is 6.42 Å². The number of rotatable bonds is 19. The van der Waals surface area contributed by atoms with Crippen molar-refractivity contribution in [1.82, 2.24) is 0 Å². The summed E-state index contributed by atoms with van der Waals surface area (Å²) in [5.74, 6) is -0.819. The molecule has 0 aliphatic carbocycles. The predicted octanol–water partition coefficient (Wildman–Crippen LogP) is 6.43. The number of carbonyl (C=O) groups is 2. The van der Waals surface area contributed by atoms with Crippen molar-refractivity contribution in [3.05, 3.63) is 12.7 Å². The van der Waals surface area contributed by atoms with E-state index >= 15 is 0 Å². The minimum atomic E-state index is -0.732. The average Bonchev–Trinajstić information content (AvgIpc) is 2.61. The molecule has 4 heteroatoms. The van der Waals surface area contributed by atoms with Crippen LogP contribution in [0.1, 0.15) is 110 Å². The highest BCUT2D eigenvalue weighted by atomic mass is 16.5. The number of carboxylic acids is 1. The van der Waals surface area contributed by atoms with Crippen molar-refractivity contribution in [2.75, 3.05) is 0 Å². The van der Waals surface area contributed by atoms with Crippen LogP contribution in [0.3, 0.4) is 0 Å². The van der Waals surface area contributed by atoms with E-state index in [1.54, 1.807) is 0 Å². The van der Waals surface area contributed by atoms with Crippen LogP contribution in [0.2, 0.25) is 0 Å². The van der Waals surface area contributed by atoms with Gasteiger partial charge in [0.15, 0.2) is 0 Å². The molecule has 0 spiro atoms. The first kappa shape index (κ1) is 24.7. The van der Waals surface area contributed by atoms with Gasteiger partial charge < -0.3 is 9.84 Å². The van der Waals surface area contributed by atoms with E-state index in [1.165, 1.54) is 32.1 Å². The average molecular weight is 369 g/mol. The molecule has 26 heavy (non-hydrogen) atoms. The van der Waals surface area contributed by atoms with Crippen LogP contribution in [-0.2, 0) is 14.3 Å². The second kappa shape index (κ2) is 18.5. The molecular weight excluding hydrogens is 328 g/mol. The van der Waals surface area contributed by atoms with Crippen molar-refractivity contribution >= 4 is 11.9 Å². The number of allylic oxidation sites excluding steroid dienone is 1. The standard InChI is InChI=1S/C22H40O4/c1-3-5-7-8-10-13-17-20(16-6-4-2)26-22(25)19-15-12-9-11-14-18-21(23)24/h4,20H,2-3,5-19H2,1H3,(H,23,24). The second-order valence-corrected chi connectivity index (χ2v) is 7.20. The number of carboxylic acid groups (broad SMARTS) is 1. The lowest BCUT2D eigenvalue weighted by atomic mass is 10.0. The van der Waals surface area contributed by atoms with E-state index in [2.05, 4.69) is 13.5 Å². The van der Waals surface area contributed by atoms with Gasteiger partial charge >= 0.3 is 11.9 Å². The lowest BCUT2D eigenvalue weighted by molar-refractivity contribution is -0.150. The van der Waals surface area contributed by atoms with Gasteiger partial charge in [-0.1, -0.05) is 64.4 Å². The smallest absolute Gasteiger partial charge is 0.306 e. The summed E-state index contributed by atoms with van der Waals surface area (Å²) in [5, 5.41) is 8.58.